The van der Waals surface area contributed by atoms with E-state index in [9.17, 15) is 14.0 Å². The summed E-state index contributed by atoms with van der Waals surface area (Å²) in [5.41, 5.74) is 0.532. The van der Waals surface area contributed by atoms with Gasteiger partial charge in [-0.05, 0) is 47.0 Å². The Hall–Kier alpha value is -1.63. The Bertz CT molecular complexity index is 545. The minimum absolute atomic E-state index is 0.0683. The van der Waals surface area contributed by atoms with E-state index in [4.69, 9.17) is 5.11 Å². The number of nitrogens with zero attached hydrogens (tertiary/aromatic N) is 1. The van der Waals surface area contributed by atoms with Crippen molar-refractivity contribution in [2.45, 2.75) is 12.8 Å². The van der Waals surface area contributed by atoms with Gasteiger partial charge in [0, 0.05) is 18.8 Å². The average molecular weight is 359 g/mol. The molecule has 0 unspecified atom stereocenters. The summed E-state index contributed by atoms with van der Waals surface area (Å²) in [5, 5.41) is 11.8. The number of aliphatic carboxylic acids is 1. The molecular weight excluding hydrogens is 343 g/mol. The number of anilines is 1. The molecule has 0 spiro atoms. The minimum atomic E-state index is -0.800. The van der Waals surface area contributed by atoms with Crippen LogP contribution in [0.1, 0.15) is 12.8 Å². The number of amides is 1. The lowest BCUT2D eigenvalue weighted by Gasteiger charge is -2.30. The van der Waals surface area contributed by atoms with Crippen LogP contribution in [0.15, 0.2) is 22.7 Å². The van der Waals surface area contributed by atoms with Gasteiger partial charge in [-0.15, -0.1) is 0 Å². The smallest absolute Gasteiger partial charge is 0.306 e. The normalized spacial score (nSPS) is 15.8. The third-order valence-electron chi connectivity index (χ3n) is 3.56. The van der Waals surface area contributed by atoms with Gasteiger partial charge in [0.15, 0.2) is 0 Å². The third-order valence-corrected chi connectivity index (χ3v) is 4.20. The Morgan fingerprint density at radius 2 is 2.05 bits per heavy atom. The number of hydrogen-bond donors (Lipinski definition) is 2. The van der Waals surface area contributed by atoms with Crippen LogP contribution in [0.2, 0.25) is 0 Å². The predicted molar refractivity (Wildman–Crippen MR) is 79.5 cm³/mol. The van der Waals surface area contributed by atoms with E-state index >= 15 is 0 Å². The molecule has 1 aromatic carbocycles. The maximum Gasteiger partial charge on any atom is 0.306 e. The fraction of sp³-hybridized carbons (Fsp3) is 0.429. The van der Waals surface area contributed by atoms with Crippen LogP contribution in [0, 0.1) is 11.7 Å². The van der Waals surface area contributed by atoms with E-state index in [1.165, 1.54) is 6.07 Å². The summed E-state index contributed by atoms with van der Waals surface area (Å²) in [6.45, 7) is 0.969. The molecule has 1 aliphatic rings. The molecule has 0 atom stereocenters. The zero-order valence-corrected chi connectivity index (χ0v) is 12.9. The highest BCUT2D eigenvalue weighted by atomic mass is 79.9. The number of likely N-dealkylation sites (tertiary alicyclic amines) is 1. The fourth-order valence-electron chi connectivity index (χ4n) is 2.27. The van der Waals surface area contributed by atoms with Gasteiger partial charge in [-0.25, -0.2) is 4.39 Å². The third kappa shape index (κ3) is 4.17. The van der Waals surface area contributed by atoms with Crippen LogP contribution in [0.3, 0.4) is 0 Å². The van der Waals surface area contributed by atoms with Gasteiger partial charge in [0.05, 0.1) is 16.9 Å². The van der Waals surface area contributed by atoms with Gasteiger partial charge in [-0.2, -0.15) is 0 Å². The van der Waals surface area contributed by atoms with Gasteiger partial charge in [0.2, 0.25) is 5.91 Å². The largest absolute Gasteiger partial charge is 0.481 e. The number of hydrogen-bond acceptors (Lipinski definition) is 3. The lowest BCUT2D eigenvalue weighted by Crippen LogP contribution is -2.42. The van der Waals surface area contributed by atoms with E-state index in [1.807, 2.05) is 0 Å². The molecule has 114 valence electrons. The zero-order chi connectivity index (χ0) is 15.4. The molecule has 1 aliphatic heterocycles. The first kappa shape index (κ1) is 15.8. The van der Waals surface area contributed by atoms with Crippen molar-refractivity contribution in [1.82, 2.24) is 4.90 Å². The molecule has 0 saturated carbocycles. The molecule has 0 radical (unpaired) electrons. The van der Waals surface area contributed by atoms with Gasteiger partial charge >= 0.3 is 5.97 Å². The van der Waals surface area contributed by atoms with Crippen molar-refractivity contribution >= 4 is 33.5 Å². The Morgan fingerprint density at radius 3 is 2.62 bits per heavy atom. The van der Waals surface area contributed by atoms with Crippen molar-refractivity contribution in [1.29, 1.82) is 0 Å². The first-order chi connectivity index (χ1) is 9.97. The topological polar surface area (TPSA) is 69.6 Å². The molecule has 21 heavy (non-hydrogen) atoms. The van der Waals surface area contributed by atoms with Crippen molar-refractivity contribution in [2.75, 3.05) is 25.0 Å². The number of benzene rings is 1. The number of rotatable bonds is 4. The van der Waals surface area contributed by atoms with Gasteiger partial charge < -0.3 is 15.3 Å². The van der Waals surface area contributed by atoms with E-state index in [0.29, 0.717) is 36.1 Å². The fourth-order valence-corrected chi connectivity index (χ4v) is 2.52. The monoisotopic (exact) mass is 358 g/mol. The van der Waals surface area contributed by atoms with Crippen LogP contribution < -0.4 is 5.32 Å². The summed E-state index contributed by atoms with van der Waals surface area (Å²) in [6.07, 6.45) is 0.960. The second-order valence-corrected chi connectivity index (χ2v) is 5.83. The molecule has 1 aromatic rings. The van der Waals surface area contributed by atoms with Crippen molar-refractivity contribution < 1.29 is 19.1 Å². The lowest BCUT2D eigenvalue weighted by atomic mass is 9.97. The van der Waals surface area contributed by atoms with Crippen molar-refractivity contribution in [3.63, 3.8) is 0 Å². The molecule has 1 amide bonds. The van der Waals surface area contributed by atoms with Crippen LogP contribution in [0.5, 0.6) is 0 Å². The van der Waals surface area contributed by atoms with Crippen LogP contribution in [0.4, 0.5) is 10.1 Å². The molecule has 2 rings (SSSR count). The highest BCUT2D eigenvalue weighted by molar-refractivity contribution is 9.10. The van der Waals surface area contributed by atoms with Crippen LogP contribution in [0.25, 0.3) is 0 Å². The van der Waals surface area contributed by atoms with Crippen LogP contribution >= 0.6 is 15.9 Å². The maximum atomic E-state index is 13.3. The van der Waals surface area contributed by atoms with Crippen molar-refractivity contribution in [3.05, 3.63) is 28.5 Å². The van der Waals surface area contributed by atoms with E-state index in [1.54, 1.807) is 17.0 Å². The van der Waals surface area contributed by atoms with Crippen molar-refractivity contribution in [3.8, 4) is 0 Å². The summed E-state index contributed by atoms with van der Waals surface area (Å²) in [6, 6.07) is 4.56. The van der Waals surface area contributed by atoms with Gasteiger partial charge in [0.1, 0.15) is 5.82 Å². The van der Waals surface area contributed by atoms with E-state index in [2.05, 4.69) is 21.2 Å². The second-order valence-electron chi connectivity index (χ2n) is 4.98. The standard InChI is InChI=1S/C14H16BrFN2O3/c15-11-2-1-10(7-12(11)16)17-8-13(19)18-5-3-9(4-6-18)14(20)21/h1-2,7,9,17H,3-6,8H2,(H,20,21). The number of halogens is 2. The number of carbonyl (C=O) groups is 2. The predicted octanol–water partition coefficient (Wildman–Crippen LogP) is 2.32. The molecular formula is C14H16BrFN2O3. The summed E-state index contributed by atoms with van der Waals surface area (Å²) in [5.74, 6) is -1.66. The molecule has 7 heteroatoms. The molecule has 1 fully saturated rings. The van der Waals surface area contributed by atoms with Crippen LogP contribution in [-0.2, 0) is 9.59 Å². The number of carboxylic acids is 1. The lowest BCUT2D eigenvalue weighted by molar-refractivity contribution is -0.145. The summed E-state index contributed by atoms with van der Waals surface area (Å²) >= 11 is 3.06. The molecule has 2 N–H and O–H groups in total. The number of carbonyl (C=O) groups excluding carboxylic acids is 1. The van der Waals surface area contributed by atoms with Gasteiger partial charge in [-0.3, -0.25) is 9.59 Å². The zero-order valence-electron chi connectivity index (χ0n) is 11.3. The maximum absolute atomic E-state index is 13.3. The molecule has 1 heterocycles. The second kappa shape index (κ2) is 6.89. The SMILES string of the molecule is O=C(O)C1CCN(C(=O)CNc2ccc(Br)c(F)c2)CC1. The van der Waals surface area contributed by atoms with E-state index in [0.717, 1.165) is 0 Å². The summed E-state index contributed by atoms with van der Waals surface area (Å²) < 4.78 is 13.7. The molecule has 1 saturated heterocycles. The number of nitrogens with one attached hydrogen (secondary N) is 1. The van der Waals surface area contributed by atoms with Gasteiger partial charge in [-0.1, -0.05) is 0 Å². The highest BCUT2D eigenvalue weighted by Crippen LogP contribution is 2.20. The minimum Gasteiger partial charge on any atom is -0.481 e. The Labute approximate surface area is 130 Å². The Kier molecular flexibility index (Phi) is 5.17. The molecule has 5 nitrogen and oxygen atoms in total. The Balaban J connectivity index is 1.82. The van der Waals surface area contributed by atoms with E-state index in [-0.39, 0.29) is 18.4 Å². The summed E-state index contributed by atoms with van der Waals surface area (Å²) in [4.78, 5) is 24.5. The molecule has 0 aliphatic carbocycles. The average Bonchev–Trinajstić information content (AvgIpc) is 2.48. The quantitative estimate of drug-likeness (QED) is 0.866. The van der Waals surface area contributed by atoms with Crippen molar-refractivity contribution in [2.24, 2.45) is 5.92 Å². The first-order valence-electron chi connectivity index (χ1n) is 6.67. The highest BCUT2D eigenvalue weighted by Gasteiger charge is 2.26. The number of piperidine rings is 1. The van der Waals surface area contributed by atoms with Crippen LogP contribution in [-0.4, -0.2) is 41.5 Å². The molecule has 0 bridgehead atoms. The Morgan fingerprint density at radius 1 is 1.38 bits per heavy atom. The molecule has 0 aromatic heterocycles. The number of carboxylic acid groups (broad SMARTS) is 1. The van der Waals surface area contributed by atoms with E-state index < -0.39 is 11.8 Å². The summed E-state index contributed by atoms with van der Waals surface area (Å²) in [7, 11) is 0. The van der Waals surface area contributed by atoms with Gasteiger partial charge in [0.25, 0.3) is 0 Å². The first-order valence-corrected chi connectivity index (χ1v) is 7.46.